The summed E-state index contributed by atoms with van der Waals surface area (Å²) in [5.41, 5.74) is 4.21. The van der Waals surface area contributed by atoms with Crippen LogP contribution in [0.1, 0.15) is 26.7 Å². The van der Waals surface area contributed by atoms with Gasteiger partial charge in [0.15, 0.2) is 5.13 Å². The quantitative estimate of drug-likeness (QED) is 0.0849. The van der Waals surface area contributed by atoms with Crippen LogP contribution in [0.5, 0.6) is 5.75 Å². The number of amides is 3. The number of hydrogen-bond acceptors (Lipinski definition) is 7. The molecule has 54 heavy (non-hydrogen) atoms. The van der Waals surface area contributed by atoms with Crippen LogP contribution in [0.3, 0.4) is 0 Å². The molecule has 0 radical (unpaired) electrons. The maximum Gasteiger partial charge on any atom is 0.272 e. The van der Waals surface area contributed by atoms with Gasteiger partial charge in [-0.2, -0.15) is 0 Å². The second-order valence-corrected chi connectivity index (χ2v) is 14.1. The van der Waals surface area contributed by atoms with Gasteiger partial charge in [-0.05, 0) is 70.4 Å². The molecule has 7 aromatic rings. The Morgan fingerprint density at radius 2 is 1.48 bits per heavy atom. The summed E-state index contributed by atoms with van der Waals surface area (Å²) in [7, 11) is 1.62. The van der Waals surface area contributed by atoms with Crippen molar-refractivity contribution in [2.75, 3.05) is 17.7 Å². The first kappa shape index (κ1) is 35.9. The van der Waals surface area contributed by atoms with Gasteiger partial charge < -0.3 is 20.7 Å². The van der Waals surface area contributed by atoms with Crippen LogP contribution in [0.2, 0.25) is 0 Å². The minimum atomic E-state index is -0.631. The van der Waals surface area contributed by atoms with Gasteiger partial charge in [-0.15, -0.1) is 23.1 Å². The molecule has 0 aliphatic rings. The lowest BCUT2D eigenvalue weighted by Crippen LogP contribution is -2.30. The first-order valence-electron chi connectivity index (χ1n) is 17.0. The highest BCUT2D eigenvalue weighted by molar-refractivity contribution is 8.00. The van der Waals surface area contributed by atoms with Crippen molar-refractivity contribution in [3.8, 4) is 17.0 Å². The molecule has 1 atom stereocenters. The number of fused-ring (bicyclic) bond motifs is 1. The Kier molecular flexibility index (Phi) is 11.2. The second kappa shape index (κ2) is 16.9. The first-order valence-corrected chi connectivity index (χ1v) is 18.8. The molecule has 3 amide bonds. The van der Waals surface area contributed by atoms with E-state index >= 15 is 0 Å². The van der Waals surface area contributed by atoms with Crippen LogP contribution in [0.4, 0.5) is 10.8 Å². The minimum absolute atomic E-state index is 0.0802. The van der Waals surface area contributed by atoms with Gasteiger partial charge in [0.05, 0.1) is 12.8 Å². The Morgan fingerprint density at radius 1 is 0.759 bits per heavy atom. The number of rotatable bonds is 12. The number of benzene rings is 6. The van der Waals surface area contributed by atoms with E-state index in [0.29, 0.717) is 16.4 Å². The van der Waals surface area contributed by atoms with Crippen LogP contribution in [0.15, 0.2) is 168 Å². The summed E-state index contributed by atoms with van der Waals surface area (Å²) in [6.07, 6.45) is 1.69. The molecule has 1 aromatic heterocycles. The van der Waals surface area contributed by atoms with Gasteiger partial charge >= 0.3 is 0 Å². The summed E-state index contributed by atoms with van der Waals surface area (Å²) < 4.78 is 5.36. The summed E-state index contributed by atoms with van der Waals surface area (Å²) in [5, 5.41) is 12.5. The zero-order chi connectivity index (χ0) is 37.3. The lowest BCUT2D eigenvalue weighted by molar-refractivity contribution is -0.116. The Morgan fingerprint density at radius 3 is 2.30 bits per heavy atom. The number of anilines is 2. The third kappa shape index (κ3) is 8.75. The van der Waals surface area contributed by atoms with E-state index in [0.717, 1.165) is 43.8 Å². The largest absolute Gasteiger partial charge is 0.497 e. The van der Waals surface area contributed by atoms with E-state index in [9.17, 15) is 14.4 Å². The number of nitrogens with one attached hydrogen (secondary N) is 3. The summed E-state index contributed by atoms with van der Waals surface area (Å²) >= 11 is 2.70. The molecule has 0 saturated heterocycles. The Bertz CT molecular complexity index is 2460. The van der Waals surface area contributed by atoms with Gasteiger partial charge in [0.1, 0.15) is 16.7 Å². The molecule has 3 N–H and O–H groups in total. The van der Waals surface area contributed by atoms with E-state index in [1.165, 1.54) is 23.1 Å². The Hall–Kier alpha value is -6.49. The van der Waals surface area contributed by atoms with Crippen molar-refractivity contribution in [1.82, 2.24) is 10.3 Å². The molecule has 8 nitrogen and oxygen atoms in total. The van der Waals surface area contributed by atoms with Crippen molar-refractivity contribution in [2.24, 2.45) is 0 Å². The van der Waals surface area contributed by atoms with Crippen LogP contribution in [-0.2, 0) is 9.59 Å². The van der Waals surface area contributed by atoms with E-state index in [1.807, 2.05) is 127 Å². The van der Waals surface area contributed by atoms with Crippen LogP contribution < -0.4 is 20.7 Å². The molecule has 7 rings (SSSR count). The van der Waals surface area contributed by atoms with E-state index in [-0.39, 0.29) is 11.6 Å². The fourth-order valence-corrected chi connectivity index (χ4v) is 7.58. The number of thioether (sulfide) groups is 1. The zero-order valence-electron chi connectivity index (χ0n) is 29.1. The molecule has 0 aliphatic carbocycles. The number of thiazole rings is 1. The molecular weight excluding hydrogens is 713 g/mol. The van der Waals surface area contributed by atoms with Gasteiger partial charge in [-0.3, -0.25) is 14.4 Å². The van der Waals surface area contributed by atoms with E-state index < -0.39 is 17.1 Å². The Labute approximate surface area is 320 Å². The molecule has 1 heterocycles. The monoisotopic (exact) mass is 746 g/mol. The maximum absolute atomic E-state index is 13.9. The molecule has 0 bridgehead atoms. The van der Waals surface area contributed by atoms with Crippen LogP contribution in [-0.4, -0.2) is 29.8 Å². The SMILES string of the molecule is COc1cccc(-c2csc(NC(=O)C(Sc3cccc(NC(=O)/C(=C\c4cccc5ccccc45)NC(=O)c4ccccc4)c3)c3ccccc3)n2)c1. The molecular formula is C44H34N4O4S2. The third-order valence-electron chi connectivity index (χ3n) is 8.44. The molecule has 6 aromatic carbocycles. The van der Waals surface area contributed by atoms with E-state index in [4.69, 9.17) is 4.74 Å². The lowest BCUT2D eigenvalue weighted by Gasteiger charge is -2.17. The van der Waals surface area contributed by atoms with Crippen molar-refractivity contribution in [3.63, 3.8) is 0 Å². The van der Waals surface area contributed by atoms with Crippen molar-refractivity contribution in [3.05, 3.63) is 179 Å². The highest BCUT2D eigenvalue weighted by Crippen LogP contribution is 2.38. The average molecular weight is 747 g/mol. The normalized spacial score (nSPS) is 11.8. The number of carbonyl (C=O) groups is 3. The summed E-state index contributed by atoms with van der Waals surface area (Å²) in [6, 6.07) is 46.8. The van der Waals surface area contributed by atoms with Gasteiger partial charge in [0.2, 0.25) is 5.91 Å². The minimum Gasteiger partial charge on any atom is -0.497 e. The fourth-order valence-electron chi connectivity index (χ4n) is 5.77. The van der Waals surface area contributed by atoms with Crippen LogP contribution in [0.25, 0.3) is 28.1 Å². The molecule has 0 saturated carbocycles. The maximum atomic E-state index is 13.9. The van der Waals surface area contributed by atoms with Crippen molar-refractivity contribution in [2.45, 2.75) is 10.1 Å². The standard InChI is InChI=1S/C44H34N4O4S2/c1-52-35-22-11-20-33(25-35)39-28-53-44(47-39)48-43(51)40(30-14-4-2-5-15-30)54-36-23-12-21-34(27-36)45-42(50)38(46-41(49)31-16-6-3-7-17-31)26-32-19-10-18-29-13-8-9-24-37(29)32/h2-28,40H,1H3,(H,45,50)(H,46,49)(H,47,48,51)/b38-26+. The van der Waals surface area contributed by atoms with Crippen molar-refractivity contribution in [1.29, 1.82) is 0 Å². The lowest BCUT2D eigenvalue weighted by atomic mass is 10.0. The summed E-state index contributed by atoms with van der Waals surface area (Å²) in [6.45, 7) is 0. The number of methoxy groups -OCH3 is 1. The van der Waals surface area contributed by atoms with Crippen molar-refractivity contribution >= 4 is 68.5 Å². The number of hydrogen-bond donors (Lipinski definition) is 3. The molecule has 0 aliphatic heterocycles. The van der Waals surface area contributed by atoms with Gasteiger partial charge in [0.25, 0.3) is 11.8 Å². The highest BCUT2D eigenvalue weighted by Gasteiger charge is 2.24. The molecule has 0 spiro atoms. The second-order valence-electron chi connectivity index (χ2n) is 12.1. The topological polar surface area (TPSA) is 109 Å². The first-order chi connectivity index (χ1) is 26.4. The molecule has 0 fully saturated rings. The number of nitrogens with zero attached hydrogens (tertiary/aromatic N) is 1. The van der Waals surface area contributed by atoms with Gasteiger partial charge in [-0.1, -0.05) is 109 Å². The predicted octanol–water partition coefficient (Wildman–Crippen LogP) is 9.85. The predicted molar refractivity (Wildman–Crippen MR) is 219 cm³/mol. The van der Waals surface area contributed by atoms with Crippen molar-refractivity contribution < 1.29 is 19.1 Å². The molecule has 10 heteroatoms. The average Bonchev–Trinajstić information content (AvgIpc) is 3.69. The van der Waals surface area contributed by atoms with E-state index in [1.54, 1.807) is 43.5 Å². The highest BCUT2D eigenvalue weighted by atomic mass is 32.2. The molecule has 266 valence electrons. The fraction of sp³-hybridized carbons (Fsp3) is 0.0455. The van der Waals surface area contributed by atoms with Crippen LogP contribution >= 0.6 is 23.1 Å². The van der Waals surface area contributed by atoms with E-state index in [2.05, 4.69) is 20.9 Å². The Balaban J connectivity index is 1.12. The van der Waals surface area contributed by atoms with Gasteiger partial charge in [0, 0.05) is 27.1 Å². The number of carbonyl (C=O) groups excluding carboxylic acids is 3. The molecule has 1 unspecified atom stereocenters. The number of aromatic nitrogens is 1. The number of ether oxygens (including phenoxy) is 1. The summed E-state index contributed by atoms with van der Waals surface area (Å²) in [5.74, 6) is -0.424. The summed E-state index contributed by atoms with van der Waals surface area (Å²) in [4.78, 5) is 46.6. The smallest absolute Gasteiger partial charge is 0.272 e. The third-order valence-corrected chi connectivity index (χ3v) is 10.4. The van der Waals surface area contributed by atoms with Crippen LogP contribution in [0, 0.1) is 0 Å². The van der Waals surface area contributed by atoms with Gasteiger partial charge in [-0.25, -0.2) is 4.98 Å². The zero-order valence-corrected chi connectivity index (χ0v) is 30.7.